The molecule has 0 atom stereocenters. The smallest absolute Gasteiger partial charge is 0.276 e. The van der Waals surface area contributed by atoms with Gasteiger partial charge in [-0.2, -0.15) is 0 Å². The van der Waals surface area contributed by atoms with E-state index in [0.29, 0.717) is 0 Å². The molecule has 0 radical (unpaired) electrons. The summed E-state index contributed by atoms with van der Waals surface area (Å²) in [5.41, 5.74) is 0. The van der Waals surface area contributed by atoms with E-state index in [1.807, 2.05) is 0 Å². The van der Waals surface area contributed by atoms with Crippen molar-refractivity contribution >= 4 is 21.9 Å². The molecule has 0 aliphatic carbocycles. The van der Waals surface area contributed by atoms with Gasteiger partial charge in [0.15, 0.2) is 0 Å². The van der Waals surface area contributed by atoms with E-state index in [-0.39, 0.29) is 0 Å². The van der Waals surface area contributed by atoms with Crippen molar-refractivity contribution in [3.05, 3.63) is 30.3 Å². The fourth-order valence-electron chi connectivity index (χ4n) is 5.05. The first-order valence-corrected chi connectivity index (χ1v) is 13.7. The van der Waals surface area contributed by atoms with Gasteiger partial charge in [0.25, 0.3) is 8.68 Å². The van der Waals surface area contributed by atoms with Crippen LogP contribution in [0.2, 0.25) is 30.2 Å². The van der Waals surface area contributed by atoms with Crippen molar-refractivity contribution in [2.45, 2.75) is 69.2 Å². The third-order valence-electron chi connectivity index (χ3n) is 6.36. The Hall–Kier alpha value is -0.546. The molecule has 2 aliphatic rings. The molecule has 0 unspecified atom stereocenters. The van der Waals surface area contributed by atoms with Crippen LogP contribution in [0.25, 0.3) is 0 Å². The van der Waals surface area contributed by atoms with Gasteiger partial charge in [-0.05, 0) is 36.8 Å². The molecule has 22 heavy (non-hydrogen) atoms. The number of rotatable bonds is 4. The molecule has 0 N–H and O–H groups in total. The summed E-state index contributed by atoms with van der Waals surface area (Å²) in [4.78, 5) is 0. The van der Waals surface area contributed by atoms with Gasteiger partial charge in [0.1, 0.15) is 0 Å². The summed E-state index contributed by atoms with van der Waals surface area (Å²) in [5, 5.41) is 1.71. The highest BCUT2D eigenvalue weighted by Gasteiger charge is 2.40. The highest BCUT2D eigenvalue weighted by molar-refractivity contribution is 6.92. The molecule has 0 amide bonds. The van der Waals surface area contributed by atoms with Crippen molar-refractivity contribution in [1.82, 2.24) is 0 Å². The summed E-state index contributed by atoms with van der Waals surface area (Å²) >= 11 is 0. The number of hydrogen-bond acceptors (Lipinski definition) is 1. The molecule has 3 rings (SSSR count). The lowest BCUT2D eigenvalue weighted by atomic mass is 9.83. The molecule has 3 heteroatoms. The maximum absolute atomic E-state index is 11.7. The molecule has 1 nitrogen and oxygen atoms in total. The third kappa shape index (κ3) is 3.51. The van der Waals surface area contributed by atoms with E-state index in [0.717, 1.165) is 23.9 Å². The van der Waals surface area contributed by atoms with E-state index in [2.05, 4.69) is 37.3 Å². The number of benzene rings is 1. The maximum Gasteiger partial charge on any atom is 0.276 e. The Kier molecular flexibility index (Phi) is 5.45. The quantitative estimate of drug-likeness (QED) is 0.710. The highest BCUT2D eigenvalue weighted by Crippen LogP contribution is 2.42. The van der Waals surface area contributed by atoms with Crippen LogP contribution in [-0.2, 0) is 4.46 Å². The molecule has 2 heterocycles. The van der Waals surface area contributed by atoms with E-state index < -0.39 is 16.8 Å². The minimum atomic E-state index is -1.23. The van der Waals surface area contributed by atoms with Gasteiger partial charge in [-0.25, -0.2) is 0 Å². The molecular weight excluding hydrogens is 300 g/mol. The maximum atomic E-state index is 11.7. The van der Waals surface area contributed by atoms with Crippen molar-refractivity contribution in [3.63, 3.8) is 0 Å². The molecule has 0 aromatic heterocycles. The minimum absolute atomic E-state index is 0.895. The van der Waals surface area contributed by atoms with Gasteiger partial charge in [-0.1, -0.05) is 79.8 Å². The first kappa shape index (κ1) is 16.3. The van der Waals surface area contributed by atoms with Crippen LogP contribution in [0.1, 0.15) is 39.0 Å². The Morgan fingerprint density at radius 3 is 2.18 bits per heavy atom. The van der Waals surface area contributed by atoms with Crippen LogP contribution in [0.4, 0.5) is 0 Å². The molecule has 1 aromatic carbocycles. The van der Waals surface area contributed by atoms with Gasteiger partial charge in [0, 0.05) is 0 Å². The summed E-state index contributed by atoms with van der Waals surface area (Å²) < 4.78 is 11.7. The van der Waals surface area contributed by atoms with Gasteiger partial charge in [0.2, 0.25) is 0 Å². The van der Waals surface area contributed by atoms with E-state index in [9.17, 15) is 4.46 Å². The van der Waals surface area contributed by atoms with E-state index >= 15 is 0 Å². The van der Waals surface area contributed by atoms with Crippen molar-refractivity contribution in [1.29, 1.82) is 0 Å². The second-order valence-electron chi connectivity index (χ2n) is 7.61. The molecule has 0 bridgehead atoms. The zero-order chi connectivity index (χ0) is 15.4. The monoisotopic (exact) mass is 330 g/mol. The number of hydrogen-bond donors (Lipinski definition) is 0. The molecule has 1 aromatic rings. The topological polar surface area (TPSA) is 17.1 Å². The molecular formula is C19H30OSi2. The van der Waals surface area contributed by atoms with Gasteiger partial charge < -0.3 is 4.46 Å². The molecule has 2 aliphatic heterocycles. The van der Waals surface area contributed by atoms with Crippen LogP contribution < -0.4 is 5.19 Å². The SMILES string of the molecule is CCC[Si]1(c2ccccc2)CCC(C2CC[Si](=O)CC2)CC1. The van der Waals surface area contributed by atoms with Crippen LogP contribution in [-0.4, -0.2) is 16.8 Å². The van der Waals surface area contributed by atoms with Crippen molar-refractivity contribution in [3.8, 4) is 0 Å². The summed E-state index contributed by atoms with van der Waals surface area (Å²) in [6, 6.07) is 18.0. The van der Waals surface area contributed by atoms with Gasteiger partial charge in [0.05, 0.1) is 8.07 Å². The summed E-state index contributed by atoms with van der Waals surface area (Å²) in [6.45, 7) is 2.36. The van der Waals surface area contributed by atoms with E-state index in [4.69, 9.17) is 0 Å². The fourth-order valence-corrected chi connectivity index (χ4v) is 12.0. The lowest BCUT2D eigenvalue weighted by Gasteiger charge is -2.42. The highest BCUT2D eigenvalue weighted by atomic mass is 28.3. The molecule has 120 valence electrons. The van der Waals surface area contributed by atoms with E-state index in [1.54, 1.807) is 5.19 Å². The summed E-state index contributed by atoms with van der Waals surface area (Å²) in [7, 11) is -2.41. The molecule has 2 fully saturated rings. The zero-order valence-corrected chi connectivity index (χ0v) is 16.0. The second-order valence-corrected chi connectivity index (χ2v) is 14.3. The standard InChI is InChI=1S/C19H30OSi2/c1-2-14-22(19-6-4-3-5-7-19)15-10-18(11-16-22)17-8-12-21(20)13-9-17/h3-7,17-18H,2,8-16H2,1H3. The van der Waals surface area contributed by atoms with Gasteiger partial charge >= 0.3 is 0 Å². The zero-order valence-electron chi connectivity index (χ0n) is 14.0. The van der Waals surface area contributed by atoms with Crippen LogP contribution in [0.5, 0.6) is 0 Å². The Labute approximate surface area is 138 Å². The van der Waals surface area contributed by atoms with Crippen LogP contribution in [0.15, 0.2) is 30.3 Å². The fraction of sp³-hybridized carbons (Fsp3) is 0.684. The Bertz CT molecular complexity index is 481. The van der Waals surface area contributed by atoms with Crippen molar-refractivity contribution < 1.29 is 4.46 Å². The van der Waals surface area contributed by atoms with Gasteiger partial charge in [-0.3, -0.25) is 0 Å². The van der Waals surface area contributed by atoms with Crippen LogP contribution in [0.3, 0.4) is 0 Å². The lowest BCUT2D eigenvalue weighted by Crippen LogP contribution is -2.50. The van der Waals surface area contributed by atoms with E-state index in [1.165, 1.54) is 50.2 Å². The molecule has 0 spiro atoms. The minimum Gasteiger partial charge on any atom is -0.388 e. The van der Waals surface area contributed by atoms with Crippen LogP contribution in [0, 0.1) is 11.8 Å². The summed E-state index contributed by atoms with van der Waals surface area (Å²) in [5.74, 6) is 1.84. The largest absolute Gasteiger partial charge is 0.388 e. The van der Waals surface area contributed by atoms with Crippen molar-refractivity contribution in [2.75, 3.05) is 0 Å². The predicted molar refractivity (Wildman–Crippen MR) is 98.0 cm³/mol. The molecule has 2 saturated heterocycles. The third-order valence-corrected chi connectivity index (χ3v) is 13.6. The van der Waals surface area contributed by atoms with Crippen molar-refractivity contribution in [2.24, 2.45) is 11.8 Å². The lowest BCUT2D eigenvalue weighted by molar-refractivity contribution is 0.274. The Balaban J connectivity index is 1.66. The first-order valence-electron chi connectivity index (χ1n) is 9.31. The van der Waals surface area contributed by atoms with Crippen LogP contribution >= 0.6 is 0 Å². The summed E-state index contributed by atoms with van der Waals surface area (Å²) in [6.07, 6.45) is 6.77. The average Bonchev–Trinajstić information content (AvgIpc) is 2.57. The Morgan fingerprint density at radius 2 is 1.59 bits per heavy atom. The normalized spacial score (nSPS) is 30.4. The van der Waals surface area contributed by atoms with Gasteiger partial charge in [-0.15, -0.1) is 0 Å². The molecule has 0 saturated carbocycles. The first-order chi connectivity index (χ1) is 10.7. The average molecular weight is 331 g/mol. The predicted octanol–water partition coefficient (Wildman–Crippen LogP) is 4.99. The second kappa shape index (κ2) is 7.35. The Morgan fingerprint density at radius 1 is 1.00 bits per heavy atom.